The molecule has 0 unspecified atom stereocenters. The van der Waals surface area contributed by atoms with Gasteiger partial charge >= 0.3 is 11.9 Å². The second kappa shape index (κ2) is 5.24. The van der Waals surface area contributed by atoms with Crippen molar-refractivity contribution in [1.29, 1.82) is 0 Å². The summed E-state index contributed by atoms with van der Waals surface area (Å²) in [7, 11) is 0. The second-order valence-corrected chi connectivity index (χ2v) is 6.08. The van der Waals surface area contributed by atoms with Gasteiger partial charge in [-0.05, 0) is 30.0 Å². The predicted molar refractivity (Wildman–Crippen MR) is 72.2 cm³/mol. The van der Waals surface area contributed by atoms with E-state index < -0.39 is 47.1 Å². The molecule has 0 saturated heterocycles. The summed E-state index contributed by atoms with van der Waals surface area (Å²) in [5.41, 5.74) is 4.51. The quantitative estimate of drug-likeness (QED) is 0.744. The fourth-order valence-electron chi connectivity index (χ4n) is 3.62. The summed E-state index contributed by atoms with van der Waals surface area (Å²) in [5.74, 6) is -6.16. The minimum absolute atomic E-state index is 0.134. The van der Waals surface area contributed by atoms with Gasteiger partial charge in [-0.2, -0.15) is 0 Å². The van der Waals surface area contributed by atoms with Gasteiger partial charge in [0.25, 0.3) is 0 Å². The maximum atomic E-state index is 13.2. The summed E-state index contributed by atoms with van der Waals surface area (Å²) in [4.78, 5) is 22.6. The summed E-state index contributed by atoms with van der Waals surface area (Å²) >= 11 is 0. The topological polar surface area (TPSA) is 110 Å². The van der Waals surface area contributed by atoms with Crippen LogP contribution in [-0.2, 0) is 20.9 Å². The van der Waals surface area contributed by atoms with Crippen molar-refractivity contribution in [3.63, 3.8) is 0 Å². The highest BCUT2D eigenvalue weighted by molar-refractivity contribution is 5.86. The van der Waals surface area contributed by atoms with Crippen molar-refractivity contribution in [2.75, 3.05) is 0 Å². The average molecular weight is 327 g/mol. The van der Waals surface area contributed by atoms with Crippen molar-refractivity contribution in [3.8, 4) is 0 Å². The Morgan fingerprint density at radius 2 is 2.00 bits per heavy atom. The van der Waals surface area contributed by atoms with Crippen LogP contribution in [0.5, 0.6) is 0 Å². The maximum Gasteiger partial charge on any atom is 0.326 e. The van der Waals surface area contributed by atoms with Crippen LogP contribution >= 0.6 is 0 Å². The van der Waals surface area contributed by atoms with Gasteiger partial charge in [-0.15, -0.1) is 0 Å². The lowest BCUT2D eigenvalue weighted by atomic mass is 9.89. The summed E-state index contributed by atoms with van der Waals surface area (Å²) in [6.45, 7) is -0.134. The van der Waals surface area contributed by atoms with Crippen molar-refractivity contribution in [3.05, 3.63) is 35.4 Å². The number of hydrogen-bond acceptors (Lipinski definition) is 4. The van der Waals surface area contributed by atoms with Crippen LogP contribution in [0.2, 0.25) is 0 Å². The van der Waals surface area contributed by atoms with Gasteiger partial charge < -0.3 is 20.7 Å². The average Bonchev–Trinajstić information content (AvgIpc) is 3.13. The third kappa shape index (κ3) is 2.38. The Bertz CT molecular complexity index is 682. The van der Waals surface area contributed by atoms with Crippen LogP contribution in [0.25, 0.3) is 0 Å². The molecule has 0 radical (unpaired) electrons. The van der Waals surface area contributed by atoms with Crippen LogP contribution < -0.4 is 5.73 Å². The Labute approximate surface area is 129 Å². The molecule has 1 aromatic carbocycles. The molecular formula is C15H15F2NO5. The van der Waals surface area contributed by atoms with Gasteiger partial charge in [0.05, 0.1) is 18.6 Å². The van der Waals surface area contributed by atoms with Gasteiger partial charge in [-0.25, -0.2) is 8.78 Å². The van der Waals surface area contributed by atoms with Gasteiger partial charge in [0.1, 0.15) is 5.54 Å². The molecule has 0 spiro atoms. The standard InChI is InChI=1S/C15H15F2NO5/c16-8-2-1-6(3-9(8)17)5-23-10-4-7-11(13(19)20)12(7)15(10,18)14(21)22/h1-3,7,10-12H,4-5,18H2,(H,19,20)(H,21,22)/t7-,10+,11-,12-,15-/m0/s1. The Morgan fingerprint density at radius 3 is 2.57 bits per heavy atom. The zero-order valence-electron chi connectivity index (χ0n) is 11.9. The third-order valence-electron chi connectivity index (χ3n) is 4.83. The number of carbonyl (C=O) groups is 2. The van der Waals surface area contributed by atoms with Gasteiger partial charge in [0.2, 0.25) is 0 Å². The van der Waals surface area contributed by atoms with E-state index in [2.05, 4.69) is 0 Å². The van der Waals surface area contributed by atoms with Crippen molar-refractivity contribution in [2.24, 2.45) is 23.5 Å². The molecule has 2 aliphatic carbocycles. The Kier molecular flexibility index (Phi) is 3.61. The van der Waals surface area contributed by atoms with E-state index in [1.807, 2.05) is 0 Å². The van der Waals surface area contributed by atoms with Crippen LogP contribution in [0.4, 0.5) is 8.78 Å². The Morgan fingerprint density at radius 1 is 1.30 bits per heavy atom. The van der Waals surface area contributed by atoms with E-state index in [4.69, 9.17) is 15.6 Å². The lowest BCUT2D eigenvalue weighted by Crippen LogP contribution is -2.58. The highest BCUT2D eigenvalue weighted by atomic mass is 19.2. The van der Waals surface area contributed by atoms with E-state index in [-0.39, 0.29) is 18.9 Å². The monoisotopic (exact) mass is 327 g/mol. The molecule has 2 saturated carbocycles. The third-order valence-corrected chi connectivity index (χ3v) is 4.83. The van der Waals surface area contributed by atoms with Crippen molar-refractivity contribution in [2.45, 2.75) is 24.7 Å². The molecule has 0 bridgehead atoms. The number of aliphatic carboxylic acids is 2. The number of ether oxygens (including phenoxy) is 1. The van der Waals surface area contributed by atoms with E-state index in [1.165, 1.54) is 6.07 Å². The molecule has 0 heterocycles. The fraction of sp³-hybridized carbons (Fsp3) is 0.467. The molecule has 0 aliphatic heterocycles. The van der Waals surface area contributed by atoms with E-state index in [0.717, 1.165) is 12.1 Å². The summed E-state index contributed by atoms with van der Waals surface area (Å²) in [6, 6.07) is 3.24. The van der Waals surface area contributed by atoms with E-state index >= 15 is 0 Å². The number of fused-ring (bicyclic) bond motifs is 1. The highest BCUT2D eigenvalue weighted by Gasteiger charge is 2.74. The molecule has 124 valence electrons. The molecule has 4 N–H and O–H groups in total. The maximum absolute atomic E-state index is 13.2. The molecule has 2 fully saturated rings. The van der Waals surface area contributed by atoms with Crippen LogP contribution in [0, 0.1) is 29.4 Å². The normalized spacial score (nSPS) is 34.9. The number of halogens is 2. The summed E-state index contributed by atoms with van der Waals surface area (Å²) < 4.78 is 31.5. The molecule has 0 amide bonds. The molecule has 2 aliphatic rings. The number of carboxylic acid groups (broad SMARTS) is 2. The number of rotatable bonds is 5. The molecule has 8 heteroatoms. The molecule has 1 aromatic rings. The lowest BCUT2D eigenvalue weighted by molar-refractivity contribution is -0.152. The Hall–Kier alpha value is -2.06. The Balaban J connectivity index is 1.72. The van der Waals surface area contributed by atoms with Gasteiger partial charge in [-0.3, -0.25) is 9.59 Å². The summed E-state index contributed by atoms with van der Waals surface area (Å²) in [5, 5.41) is 18.5. The number of nitrogens with two attached hydrogens (primary N) is 1. The first-order valence-corrected chi connectivity index (χ1v) is 7.07. The summed E-state index contributed by atoms with van der Waals surface area (Å²) in [6.07, 6.45) is -0.660. The molecular weight excluding hydrogens is 312 g/mol. The number of hydrogen-bond donors (Lipinski definition) is 3. The SMILES string of the molecule is N[C@]1(C(=O)O)[C@H]2[C@@H](C[C@H]1OCc1ccc(F)c(F)c1)[C@@H]2C(=O)O. The van der Waals surface area contributed by atoms with E-state index in [0.29, 0.717) is 5.56 Å². The number of carboxylic acids is 2. The number of benzene rings is 1. The smallest absolute Gasteiger partial charge is 0.326 e. The van der Waals surface area contributed by atoms with Crippen LogP contribution in [-0.4, -0.2) is 33.8 Å². The molecule has 6 nitrogen and oxygen atoms in total. The van der Waals surface area contributed by atoms with Crippen molar-refractivity contribution >= 4 is 11.9 Å². The largest absolute Gasteiger partial charge is 0.481 e. The molecule has 5 atom stereocenters. The fourth-order valence-corrected chi connectivity index (χ4v) is 3.62. The first-order valence-electron chi connectivity index (χ1n) is 7.07. The first-order chi connectivity index (χ1) is 10.8. The van der Waals surface area contributed by atoms with Crippen LogP contribution in [0.15, 0.2) is 18.2 Å². The van der Waals surface area contributed by atoms with Gasteiger partial charge in [0, 0.05) is 5.92 Å². The predicted octanol–water partition coefficient (Wildman–Crippen LogP) is 0.983. The van der Waals surface area contributed by atoms with Crippen molar-refractivity contribution in [1.82, 2.24) is 0 Å². The molecule has 23 heavy (non-hydrogen) atoms. The zero-order chi connectivity index (χ0) is 16.9. The van der Waals surface area contributed by atoms with Crippen molar-refractivity contribution < 1.29 is 33.3 Å². The van der Waals surface area contributed by atoms with Gasteiger partial charge in [0.15, 0.2) is 11.6 Å². The first kappa shape index (κ1) is 15.8. The minimum atomic E-state index is -1.79. The van der Waals surface area contributed by atoms with Crippen LogP contribution in [0.3, 0.4) is 0 Å². The molecule has 3 rings (SSSR count). The highest BCUT2D eigenvalue weighted by Crippen LogP contribution is 2.62. The van der Waals surface area contributed by atoms with E-state index in [9.17, 15) is 23.5 Å². The minimum Gasteiger partial charge on any atom is -0.481 e. The van der Waals surface area contributed by atoms with Gasteiger partial charge in [-0.1, -0.05) is 6.07 Å². The lowest BCUT2D eigenvalue weighted by Gasteiger charge is -2.30. The molecule has 0 aromatic heterocycles. The van der Waals surface area contributed by atoms with E-state index in [1.54, 1.807) is 0 Å². The van der Waals surface area contributed by atoms with Crippen LogP contribution in [0.1, 0.15) is 12.0 Å². The second-order valence-electron chi connectivity index (χ2n) is 6.08. The zero-order valence-corrected chi connectivity index (χ0v) is 11.9.